The number of primary amides is 1. The largest absolute Gasteiger partial charge is 0.481 e. The molecule has 35 N–H and O–H groups in total. The fourth-order valence-electron chi connectivity index (χ4n) is 13.7. The summed E-state index contributed by atoms with van der Waals surface area (Å²) >= 11 is 4.26. The van der Waals surface area contributed by atoms with Crippen molar-refractivity contribution in [1.29, 1.82) is 10.8 Å². The van der Waals surface area contributed by atoms with Crippen molar-refractivity contribution in [3.05, 3.63) is 71.9 Å². The van der Waals surface area contributed by atoms with Gasteiger partial charge in [-0.05, 0) is 139 Å². The van der Waals surface area contributed by atoms with Crippen LogP contribution >= 0.6 is 12.6 Å². The maximum absolute atomic E-state index is 14.8. The Kier molecular flexibility index (Phi) is 48.1. The van der Waals surface area contributed by atoms with E-state index < -0.39 is 254 Å². The lowest BCUT2D eigenvalue weighted by Crippen LogP contribution is -2.61. The number of nitrogens with two attached hydrogens (primary N) is 6. The van der Waals surface area contributed by atoms with Crippen LogP contribution in [0.25, 0.3) is 10.9 Å². The second-order valence-electron chi connectivity index (χ2n) is 31.6. The number of aliphatic hydroxyl groups excluding tert-OH is 2. The zero-order valence-corrected chi connectivity index (χ0v) is 73.6. The van der Waals surface area contributed by atoms with Crippen LogP contribution in [0.4, 0.5) is 0 Å². The molecule has 1 aliphatic rings. The molecular formula is C81H127N25O23S. The van der Waals surface area contributed by atoms with Crippen LogP contribution in [-0.4, -0.2) is 296 Å². The van der Waals surface area contributed by atoms with E-state index in [2.05, 4.69) is 97.4 Å². The third-order valence-electron chi connectivity index (χ3n) is 20.7. The number of amides is 15. The monoisotopic (exact) mass is 1850 g/mol. The SMILES string of the molecule is CC(C)C[C@H](NC(=O)[C@H](CCC(=O)O)NC(=O)[C@H](CC(=O)O)NC(=O)[C@H](CO)NC(=O)[C@H](CCCNC(=N)N)NC(=O)[C@H](C)NC(=O)[C@H](Cc1ccccc1)NC(=O)[C@H](CCCCN)NC(=O)[C@H](CCCCN)NC(=O)[C@H](CCC(N)=O)NC(=O)[C@H](CS)NC(=O)[C@H](CO)NC(=O)[C@@H]1CCCN1C(=O)[C@H](Cc1c[nH]c2ccccc12)NC(=O)[C@@H](N)CCCNC(=N)N)C(=O)O. The number of aromatic amines is 1. The highest BCUT2D eigenvalue weighted by atomic mass is 32.1. The Balaban J connectivity index is 1.55. The first-order chi connectivity index (χ1) is 61.6. The highest BCUT2D eigenvalue weighted by Gasteiger charge is 2.42. The minimum Gasteiger partial charge on any atom is -0.481 e. The fourth-order valence-corrected chi connectivity index (χ4v) is 14.0. The van der Waals surface area contributed by atoms with Gasteiger partial charge in [-0.25, -0.2) is 4.79 Å². The van der Waals surface area contributed by atoms with E-state index in [-0.39, 0.29) is 115 Å². The number of hydrogen-bond acceptors (Lipinski definition) is 26. The zero-order chi connectivity index (χ0) is 96.9. The number of rotatable bonds is 61. The Morgan fingerprint density at radius 3 is 1.40 bits per heavy atom. The molecule has 15 amide bonds. The average Bonchev–Trinajstić information content (AvgIpc) is 1.65. The number of guanidine groups is 2. The number of carboxylic acids is 3. The highest BCUT2D eigenvalue weighted by molar-refractivity contribution is 7.80. The minimum absolute atomic E-state index is 0.0368. The van der Waals surface area contributed by atoms with Gasteiger partial charge in [-0.2, -0.15) is 12.6 Å². The Morgan fingerprint density at radius 1 is 0.469 bits per heavy atom. The van der Waals surface area contributed by atoms with E-state index >= 15 is 0 Å². The third kappa shape index (κ3) is 38.6. The number of nitrogens with zero attached hydrogens (tertiary/aromatic N) is 1. The molecule has 130 heavy (non-hydrogen) atoms. The smallest absolute Gasteiger partial charge is 0.326 e. The summed E-state index contributed by atoms with van der Waals surface area (Å²) in [5.41, 5.74) is 36.2. The van der Waals surface area contributed by atoms with Crippen LogP contribution in [0, 0.1) is 16.7 Å². The summed E-state index contributed by atoms with van der Waals surface area (Å²) in [7, 11) is 0. The summed E-state index contributed by atoms with van der Waals surface area (Å²) < 4.78 is 0. The summed E-state index contributed by atoms with van der Waals surface area (Å²) in [5, 5.41) is 102. The molecule has 0 radical (unpaired) electrons. The van der Waals surface area contributed by atoms with Gasteiger partial charge in [0.15, 0.2) is 11.9 Å². The number of para-hydroxylation sites is 1. The first-order valence-corrected chi connectivity index (χ1v) is 43.2. The Labute approximate surface area is 754 Å². The second kappa shape index (κ2) is 57.1. The number of H-pyrrole nitrogens is 1. The number of aromatic nitrogens is 1. The van der Waals surface area contributed by atoms with Crippen LogP contribution < -0.4 is 114 Å². The normalized spacial score (nSPS) is 15.5. The van der Waals surface area contributed by atoms with Crippen LogP contribution in [0.1, 0.15) is 147 Å². The molecule has 0 saturated carbocycles. The van der Waals surface area contributed by atoms with E-state index in [0.29, 0.717) is 36.8 Å². The Hall–Kier alpha value is -12.9. The third-order valence-corrected chi connectivity index (χ3v) is 21.1. The molecule has 48 nitrogen and oxygen atoms in total. The quantitative estimate of drug-likeness (QED) is 0.0108. The summed E-state index contributed by atoms with van der Waals surface area (Å²) in [4.78, 5) is 251. The molecule has 0 unspecified atom stereocenters. The predicted molar refractivity (Wildman–Crippen MR) is 472 cm³/mol. The summed E-state index contributed by atoms with van der Waals surface area (Å²) in [6, 6.07) is -8.76. The van der Waals surface area contributed by atoms with Crippen molar-refractivity contribution < 1.29 is 112 Å². The van der Waals surface area contributed by atoms with Gasteiger partial charge < -0.3 is 150 Å². The molecule has 0 bridgehead atoms. The summed E-state index contributed by atoms with van der Waals surface area (Å²) in [6.07, 6.45) is -1.24. The van der Waals surface area contributed by atoms with Crippen molar-refractivity contribution >= 4 is 142 Å². The van der Waals surface area contributed by atoms with E-state index in [1.807, 2.05) is 12.1 Å². The van der Waals surface area contributed by atoms with Crippen LogP contribution in [0.2, 0.25) is 0 Å². The van der Waals surface area contributed by atoms with Crippen LogP contribution in [0.3, 0.4) is 0 Å². The molecule has 1 aliphatic heterocycles. The van der Waals surface area contributed by atoms with E-state index in [1.165, 1.54) is 11.8 Å². The molecule has 4 rings (SSSR count). The lowest BCUT2D eigenvalue weighted by atomic mass is 10.0. The maximum Gasteiger partial charge on any atom is 0.326 e. The van der Waals surface area contributed by atoms with E-state index in [0.717, 1.165) is 10.9 Å². The number of aliphatic hydroxyl groups is 2. The zero-order valence-electron chi connectivity index (χ0n) is 72.8. The van der Waals surface area contributed by atoms with Crippen molar-refractivity contribution in [2.45, 2.75) is 240 Å². The molecule has 1 fully saturated rings. The van der Waals surface area contributed by atoms with Crippen molar-refractivity contribution in [1.82, 2.24) is 89.6 Å². The van der Waals surface area contributed by atoms with Crippen molar-refractivity contribution in [2.24, 2.45) is 40.3 Å². The summed E-state index contributed by atoms with van der Waals surface area (Å²) in [6.45, 7) is 2.62. The van der Waals surface area contributed by atoms with Crippen molar-refractivity contribution in [2.75, 3.05) is 51.7 Å². The molecular weight excluding hydrogens is 1720 g/mol. The Morgan fingerprint density at radius 2 is 0.900 bits per heavy atom. The molecule has 0 aliphatic carbocycles. The minimum atomic E-state index is -2.11. The van der Waals surface area contributed by atoms with Gasteiger partial charge in [0.2, 0.25) is 88.6 Å². The first-order valence-electron chi connectivity index (χ1n) is 42.6. The van der Waals surface area contributed by atoms with Crippen molar-refractivity contribution in [3.63, 3.8) is 0 Å². The number of aliphatic carboxylic acids is 3. The number of nitrogens with one attached hydrogen (secondary N) is 18. The number of unbranched alkanes of at least 4 members (excludes halogenated alkanes) is 2. The highest BCUT2D eigenvalue weighted by Crippen LogP contribution is 2.24. The maximum atomic E-state index is 14.8. The van der Waals surface area contributed by atoms with Crippen LogP contribution in [0.15, 0.2) is 60.8 Å². The fraction of sp³-hybridized carbons (Fsp3) is 0.580. The van der Waals surface area contributed by atoms with E-state index in [4.69, 9.17) is 45.2 Å². The standard InChI is InChI=1S/C81H127N25O23S/c1-42(2)34-57(79(128)129)102-71(120)53(26-28-63(110)111)97-73(122)55(37-64(112)113)100-74(123)58(39-107)103-69(118)51(23-14-32-91-81(88)89)94-65(114)43(3)93-72(121)54(35-44-16-5-4-6-17-44)99-68(117)50(22-10-12-30-83)95-67(116)49(21-9-11-29-82)96-70(119)52(25-27-62(85)109)98-76(125)60(41-130)105-75(124)59(40-108)104-77(126)61-24-15-33-106(61)78(127)56(36-45-38-92-48-20-8-7-18-46(45)48)101-66(115)47(84)19-13-31-90-80(86)87/h4-8,16-18,20,38,42-43,47,49-61,92,107-108,130H,9-15,19,21-37,39-41,82-84H2,1-3H3,(H2,85,109)(H,93,121)(H,94,114)(H,95,116)(H,96,119)(H,97,122)(H,98,125)(H,99,117)(H,100,123)(H,101,115)(H,102,120)(H,103,118)(H,104,126)(H,105,124)(H,110,111)(H,112,113)(H,128,129)(H4,86,87,90)(H4,88,89,91)/t43-,47-,49-,50-,51-,52-,53-,54-,55-,56-,57-,58-,59-,60-,61-/m0/s1. The topological polar surface area (TPSA) is 812 Å². The number of likely N-dealkylation sites (tertiary alicyclic amines) is 1. The number of carboxylic acid groups (broad SMARTS) is 3. The number of hydrogen-bond donors (Lipinski definition) is 30. The van der Waals surface area contributed by atoms with Gasteiger partial charge in [-0.15, -0.1) is 0 Å². The summed E-state index contributed by atoms with van der Waals surface area (Å²) in [5.74, 6) is -21.8. The molecule has 2 aromatic carbocycles. The van der Waals surface area contributed by atoms with Crippen molar-refractivity contribution in [3.8, 4) is 0 Å². The Bertz CT molecular complexity index is 4380. The second-order valence-corrected chi connectivity index (χ2v) is 32.0. The van der Waals surface area contributed by atoms with Gasteiger partial charge in [0.25, 0.3) is 0 Å². The lowest BCUT2D eigenvalue weighted by molar-refractivity contribution is -0.144. The molecule has 3 aromatic rings. The molecule has 720 valence electrons. The van der Waals surface area contributed by atoms with Gasteiger partial charge >= 0.3 is 17.9 Å². The number of carbonyl (C=O) groups excluding carboxylic acids is 15. The predicted octanol–water partition coefficient (Wildman–Crippen LogP) is -7.97. The molecule has 2 heterocycles. The number of carbonyl (C=O) groups is 18. The average molecular weight is 1850 g/mol. The van der Waals surface area contributed by atoms with Gasteiger partial charge in [0.05, 0.1) is 25.7 Å². The first kappa shape index (κ1) is 109. The van der Waals surface area contributed by atoms with Crippen LogP contribution in [0.5, 0.6) is 0 Å². The van der Waals surface area contributed by atoms with Gasteiger partial charge in [-0.3, -0.25) is 92.3 Å². The number of benzene rings is 2. The molecule has 15 atom stereocenters. The molecule has 1 aromatic heterocycles. The van der Waals surface area contributed by atoms with Gasteiger partial charge in [0.1, 0.15) is 84.6 Å². The number of thiol groups is 1. The number of fused-ring (bicyclic) bond motifs is 1. The van der Waals surface area contributed by atoms with Gasteiger partial charge in [0, 0.05) is 68.2 Å². The molecule has 0 spiro atoms. The van der Waals surface area contributed by atoms with Crippen LogP contribution in [-0.2, 0) is 99.1 Å². The van der Waals surface area contributed by atoms with E-state index in [1.54, 1.807) is 62.5 Å². The van der Waals surface area contributed by atoms with Gasteiger partial charge in [-0.1, -0.05) is 62.4 Å². The molecule has 49 heteroatoms. The molecule has 1 saturated heterocycles. The lowest BCUT2D eigenvalue weighted by Gasteiger charge is -2.30. The van der Waals surface area contributed by atoms with E-state index in [9.17, 15) is 112 Å².